The van der Waals surface area contributed by atoms with Gasteiger partial charge in [0.1, 0.15) is 0 Å². The minimum Gasteiger partial charge on any atom is -0.481 e. The van der Waals surface area contributed by atoms with Gasteiger partial charge in [0, 0.05) is 19.1 Å². The Morgan fingerprint density at radius 1 is 1.42 bits per heavy atom. The number of hydrogen-bond acceptors (Lipinski definition) is 2. The molecule has 0 spiro atoms. The van der Waals surface area contributed by atoms with Crippen LogP contribution in [0.25, 0.3) is 0 Å². The molecule has 0 aliphatic carbocycles. The van der Waals surface area contributed by atoms with Crippen LogP contribution in [0, 0.1) is 11.8 Å². The van der Waals surface area contributed by atoms with Gasteiger partial charge in [0.25, 0.3) is 0 Å². The summed E-state index contributed by atoms with van der Waals surface area (Å²) in [5.41, 5.74) is 0. The van der Waals surface area contributed by atoms with Crippen LogP contribution in [0.3, 0.4) is 0 Å². The highest BCUT2D eigenvalue weighted by Gasteiger charge is 2.29. The molecule has 1 saturated heterocycles. The summed E-state index contributed by atoms with van der Waals surface area (Å²) in [4.78, 5) is 24.7. The van der Waals surface area contributed by atoms with E-state index in [1.165, 1.54) is 0 Å². The molecule has 1 aliphatic rings. The lowest BCUT2D eigenvalue weighted by atomic mass is 9.95. The number of hydrogen-bond donors (Lipinski definition) is 2. The van der Waals surface area contributed by atoms with E-state index in [4.69, 9.17) is 5.11 Å². The topological polar surface area (TPSA) is 69.6 Å². The van der Waals surface area contributed by atoms with Crippen LogP contribution in [0.15, 0.2) is 0 Å². The van der Waals surface area contributed by atoms with Gasteiger partial charge in [0.2, 0.25) is 0 Å². The summed E-state index contributed by atoms with van der Waals surface area (Å²) in [6, 6.07) is -0.365. The van der Waals surface area contributed by atoms with Gasteiger partial charge in [-0.25, -0.2) is 4.79 Å². The molecule has 2 amide bonds. The van der Waals surface area contributed by atoms with Gasteiger partial charge in [0.05, 0.1) is 6.42 Å². The maximum atomic E-state index is 12.1. The molecule has 0 aromatic heterocycles. The summed E-state index contributed by atoms with van der Waals surface area (Å²) in [5, 5.41) is 11.7. The summed E-state index contributed by atoms with van der Waals surface area (Å²) in [6.07, 6.45) is 2.62. The molecule has 1 rings (SSSR count). The molecule has 0 radical (unpaired) electrons. The molecular weight excluding hydrogens is 244 g/mol. The smallest absolute Gasteiger partial charge is 0.317 e. The maximum Gasteiger partial charge on any atom is 0.317 e. The van der Waals surface area contributed by atoms with E-state index < -0.39 is 5.97 Å². The Morgan fingerprint density at radius 3 is 2.58 bits per heavy atom. The zero-order valence-corrected chi connectivity index (χ0v) is 12.2. The molecule has 2 unspecified atom stereocenters. The average Bonchev–Trinajstić information content (AvgIpc) is 2.77. The van der Waals surface area contributed by atoms with E-state index in [-0.39, 0.29) is 18.5 Å². The van der Waals surface area contributed by atoms with Crippen LogP contribution in [0.5, 0.6) is 0 Å². The van der Waals surface area contributed by atoms with E-state index in [0.717, 1.165) is 25.9 Å². The Hall–Kier alpha value is -1.26. The van der Waals surface area contributed by atoms with E-state index in [9.17, 15) is 9.59 Å². The zero-order chi connectivity index (χ0) is 14.4. The number of aliphatic carboxylic acids is 1. The molecule has 1 fully saturated rings. The summed E-state index contributed by atoms with van der Waals surface area (Å²) < 4.78 is 0. The molecule has 2 N–H and O–H groups in total. The van der Waals surface area contributed by atoms with Gasteiger partial charge in [-0.3, -0.25) is 4.79 Å². The second-order valence-electron chi connectivity index (χ2n) is 5.77. The Kier molecular flexibility index (Phi) is 6.12. The molecule has 0 aromatic carbocycles. The van der Waals surface area contributed by atoms with Crippen molar-refractivity contribution in [2.75, 3.05) is 13.1 Å². The van der Waals surface area contributed by atoms with E-state index >= 15 is 0 Å². The van der Waals surface area contributed by atoms with Crippen molar-refractivity contribution in [1.29, 1.82) is 0 Å². The number of carboxylic acids is 1. The quantitative estimate of drug-likeness (QED) is 0.778. The lowest BCUT2D eigenvalue weighted by molar-refractivity contribution is -0.137. The second-order valence-corrected chi connectivity index (χ2v) is 5.77. The molecular formula is C14H26N2O3. The predicted molar refractivity (Wildman–Crippen MR) is 74.0 cm³/mol. The van der Waals surface area contributed by atoms with Crippen molar-refractivity contribution in [2.24, 2.45) is 11.8 Å². The van der Waals surface area contributed by atoms with Crippen LogP contribution < -0.4 is 5.32 Å². The minimum absolute atomic E-state index is 0.00102. The van der Waals surface area contributed by atoms with Crippen molar-refractivity contribution >= 4 is 12.0 Å². The molecule has 5 heteroatoms. The van der Waals surface area contributed by atoms with E-state index in [1.807, 2.05) is 11.8 Å². The van der Waals surface area contributed by atoms with Crippen LogP contribution in [0.4, 0.5) is 4.79 Å². The molecule has 110 valence electrons. The predicted octanol–water partition coefficient (Wildman–Crippen LogP) is 2.32. The number of carboxylic acid groups (broad SMARTS) is 1. The molecule has 1 aliphatic heterocycles. The first-order chi connectivity index (χ1) is 8.93. The monoisotopic (exact) mass is 270 g/mol. The number of nitrogens with one attached hydrogen (secondary N) is 1. The van der Waals surface area contributed by atoms with Gasteiger partial charge in [0.15, 0.2) is 0 Å². The molecule has 19 heavy (non-hydrogen) atoms. The van der Waals surface area contributed by atoms with Crippen molar-refractivity contribution < 1.29 is 14.7 Å². The average molecular weight is 270 g/mol. The number of rotatable bonds is 6. The fraction of sp³-hybridized carbons (Fsp3) is 0.857. The lowest BCUT2D eigenvalue weighted by Gasteiger charge is -2.23. The van der Waals surface area contributed by atoms with Gasteiger partial charge in [-0.1, -0.05) is 27.2 Å². The number of nitrogens with zero attached hydrogens (tertiary/aromatic N) is 1. The van der Waals surface area contributed by atoms with Gasteiger partial charge >= 0.3 is 12.0 Å². The number of urea groups is 1. The van der Waals surface area contributed by atoms with Crippen LogP contribution in [-0.2, 0) is 4.79 Å². The van der Waals surface area contributed by atoms with Gasteiger partial charge < -0.3 is 15.3 Å². The first-order valence-electron chi connectivity index (χ1n) is 7.21. The number of carbonyl (C=O) groups excluding carboxylic acids is 1. The van der Waals surface area contributed by atoms with E-state index in [2.05, 4.69) is 19.2 Å². The second kappa shape index (κ2) is 7.36. The Bertz CT molecular complexity index is 318. The number of amides is 2. The Labute approximate surface area is 115 Å². The normalized spacial score (nSPS) is 20.6. The van der Waals surface area contributed by atoms with Gasteiger partial charge in [-0.2, -0.15) is 0 Å². The molecule has 1 heterocycles. The third-order valence-corrected chi connectivity index (χ3v) is 3.84. The van der Waals surface area contributed by atoms with Gasteiger partial charge in [-0.15, -0.1) is 0 Å². The first-order valence-corrected chi connectivity index (χ1v) is 7.21. The van der Waals surface area contributed by atoms with Crippen LogP contribution in [0.1, 0.15) is 46.5 Å². The van der Waals surface area contributed by atoms with Crippen LogP contribution in [0.2, 0.25) is 0 Å². The molecule has 0 bridgehead atoms. The van der Waals surface area contributed by atoms with Crippen molar-refractivity contribution in [1.82, 2.24) is 10.2 Å². The number of carbonyl (C=O) groups is 2. The highest BCUT2D eigenvalue weighted by atomic mass is 16.4. The molecule has 5 nitrogen and oxygen atoms in total. The van der Waals surface area contributed by atoms with Gasteiger partial charge in [-0.05, 0) is 24.7 Å². The Balaban J connectivity index is 2.46. The Morgan fingerprint density at radius 2 is 2.11 bits per heavy atom. The van der Waals surface area contributed by atoms with Crippen molar-refractivity contribution in [3.8, 4) is 0 Å². The van der Waals surface area contributed by atoms with Crippen LogP contribution >= 0.6 is 0 Å². The standard InChI is InChI=1S/C14H26N2O3/c1-4-5-12(8-13(17)18)15-14(19)16-7-6-11(9-16)10(2)3/h10-12H,4-9H2,1-3H3,(H,15,19)(H,17,18). The summed E-state index contributed by atoms with van der Waals surface area (Å²) in [6.45, 7) is 7.91. The summed E-state index contributed by atoms with van der Waals surface area (Å²) in [5.74, 6) is 0.290. The summed E-state index contributed by atoms with van der Waals surface area (Å²) >= 11 is 0. The van der Waals surface area contributed by atoms with Crippen LogP contribution in [-0.4, -0.2) is 41.1 Å². The molecule has 0 saturated carbocycles. The van der Waals surface area contributed by atoms with E-state index in [1.54, 1.807) is 0 Å². The zero-order valence-electron chi connectivity index (χ0n) is 12.2. The van der Waals surface area contributed by atoms with E-state index in [0.29, 0.717) is 18.3 Å². The highest BCUT2D eigenvalue weighted by Crippen LogP contribution is 2.23. The maximum absolute atomic E-state index is 12.1. The van der Waals surface area contributed by atoms with Crippen molar-refractivity contribution in [2.45, 2.75) is 52.5 Å². The molecule has 0 aromatic rings. The number of likely N-dealkylation sites (tertiary alicyclic amines) is 1. The molecule has 2 atom stereocenters. The first kappa shape index (κ1) is 15.8. The largest absolute Gasteiger partial charge is 0.481 e. The summed E-state index contributed by atoms with van der Waals surface area (Å²) in [7, 11) is 0. The van der Waals surface area contributed by atoms with Crippen molar-refractivity contribution in [3.63, 3.8) is 0 Å². The fourth-order valence-corrected chi connectivity index (χ4v) is 2.57. The lowest BCUT2D eigenvalue weighted by Crippen LogP contribution is -2.44. The highest BCUT2D eigenvalue weighted by molar-refractivity contribution is 5.76. The third-order valence-electron chi connectivity index (χ3n) is 3.84. The fourth-order valence-electron chi connectivity index (χ4n) is 2.57. The van der Waals surface area contributed by atoms with Crippen molar-refractivity contribution in [3.05, 3.63) is 0 Å². The third kappa shape index (κ3) is 5.09. The SMILES string of the molecule is CCCC(CC(=O)O)NC(=O)N1CCC(C(C)C)C1. The minimum atomic E-state index is -0.861.